The van der Waals surface area contributed by atoms with Crippen molar-refractivity contribution in [1.29, 1.82) is 5.26 Å². The van der Waals surface area contributed by atoms with Gasteiger partial charge in [0.25, 0.3) is 0 Å². The summed E-state index contributed by atoms with van der Waals surface area (Å²) in [6.45, 7) is 63.3. The second kappa shape index (κ2) is 31.2. The minimum atomic E-state index is -1.00. The van der Waals surface area contributed by atoms with Crippen LogP contribution in [0.25, 0.3) is 0 Å². The first-order chi connectivity index (χ1) is 36.5. The van der Waals surface area contributed by atoms with E-state index in [1.54, 1.807) is 70.6 Å². The zero-order valence-electron chi connectivity index (χ0n) is 61.1. The Morgan fingerprint density at radius 3 is 0.864 bits per heavy atom. The van der Waals surface area contributed by atoms with Crippen LogP contribution in [0.5, 0.6) is 0 Å². The van der Waals surface area contributed by atoms with E-state index in [2.05, 4.69) is 157 Å². The molecule has 0 spiro atoms. The third kappa shape index (κ3) is 27.7. The van der Waals surface area contributed by atoms with E-state index in [1.807, 2.05) is 20.8 Å². The van der Waals surface area contributed by atoms with Crippen LogP contribution in [0.2, 0.25) is 24.7 Å². The van der Waals surface area contributed by atoms with Gasteiger partial charge >= 0.3 is 0 Å². The summed E-state index contributed by atoms with van der Waals surface area (Å²) in [5, 5.41) is 8.73. The van der Waals surface area contributed by atoms with Gasteiger partial charge in [0.2, 0.25) is 0 Å². The molecule has 1 nitrogen and oxygen atoms in total. The monoisotopic (exact) mass is 1150 g/mol. The van der Waals surface area contributed by atoms with Gasteiger partial charge in [0.05, 0.1) is 6.07 Å². The summed E-state index contributed by atoms with van der Waals surface area (Å²) in [7, 11) is -0.859. The van der Waals surface area contributed by atoms with Crippen molar-refractivity contribution in [2.24, 2.45) is 102 Å². The van der Waals surface area contributed by atoms with Crippen LogP contribution >= 0.6 is 0 Å². The van der Waals surface area contributed by atoms with Gasteiger partial charge in [0.1, 0.15) is 5.67 Å². The summed E-state index contributed by atoms with van der Waals surface area (Å²) in [5.74, 6) is 10.8. The van der Waals surface area contributed by atoms with Crippen molar-refractivity contribution in [3.8, 4) is 6.07 Å². The first-order valence-corrected chi connectivity index (χ1v) is 39.1. The van der Waals surface area contributed by atoms with Gasteiger partial charge in [-0.05, 0) is 253 Å². The molecule has 0 N–H and O–H groups in total. The lowest BCUT2D eigenvalue weighted by atomic mass is 9.43. The number of hydrogen-bond acceptors (Lipinski definition) is 1. The van der Waals surface area contributed by atoms with E-state index in [0.717, 1.165) is 64.6 Å². The lowest BCUT2D eigenvalue weighted by Gasteiger charge is -2.62. The molecule has 81 heavy (non-hydrogen) atoms. The van der Waals surface area contributed by atoms with Gasteiger partial charge < -0.3 is 0 Å². The van der Waals surface area contributed by atoms with Crippen molar-refractivity contribution in [2.75, 3.05) is 0 Å². The van der Waals surface area contributed by atoms with E-state index in [-0.39, 0.29) is 5.41 Å². The number of rotatable bonds is 0. The predicted octanol–water partition coefficient (Wildman–Crippen LogP) is 27.2. The van der Waals surface area contributed by atoms with E-state index in [1.165, 1.54) is 136 Å². The van der Waals surface area contributed by atoms with Crippen molar-refractivity contribution in [1.82, 2.24) is 0 Å². The number of alkyl halides is 1. The SMILES string of the molecule is CC(C)(C)C#N.CC(C)(C)C1(C)CCCCC1.CC(C)(C)C12CC3CC(CC(C3)C1)C2.CC(C)(C)C1C2CC3CC(C2)CC1C3.CC(C)(C)C1CCCCCC1.CC(C)(C)C1CCCCCCC1.CC(C)(C)F.CC(C)(C)[Si](C)(C)C. The Kier molecular flexibility index (Phi) is 29.6. The van der Waals surface area contributed by atoms with Gasteiger partial charge in [0, 0.05) is 13.5 Å². The fraction of sp³-hybridized carbons (Fsp3) is 0.987. The van der Waals surface area contributed by atoms with E-state index in [9.17, 15) is 4.39 Å². The molecule has 480 valence electrons. The summed E-state index contributed by atoms with van der Waals surface area (Å²) in [5.41, 5.74) is 2.95. The largest absolute Gasteiger partial charge is 0.245 e. The molecular weight excluding hydrogens is 998 g/mol. The molecule has 0 aromatic carbocycles. The van der Waals surface area contributed by atoms with Crippen molar-refractivity contribution < 1.29 is 4.39 Å². The first kappa shape index (κ1) is 76.7. The maximum absolute atomic E-state index is 11.7. The predicted molar refractivity (Wildman–Crippen MR) is 366 cm³/mol. The zero-order valence-corrected chi connectivity index (χ0v) is 62.1. The highest BCUT2D eigenvalue weighted by atomic mass is 28.3. The molecule has 11 aliphatic carbocycles. The quantitative estimate of drug-likeness (QED) is 0.175. The molecule has 3 heteroatoms. The Hall–Kier alpha value is -0.363. The number of hydrogen-bond donors (Lipinski definition) is 0. The van der Waals surface area contributed by atoms with Gasteiger partial charge in [-0.3, -0.25) is 0 Å². The standard InChI is InChI=1S/2C14H24.C12H24.2C11H22.C7H18Si.C5H9N.C4H9F/c1-13(2,3)14-7-10-4-11(8-14)6-12(5-10)9-14;1-14(2,3)13-11-5-9-4-10(7-11)8-12(13)6-9;1-12(2,3)11-9-7-5-4-6-8-10-11;1-10(2,3)11(4)8-6-5-7-9-11;1-11(2,3)10-8-6-4-5-7-9-10;1-7(2,3)8(4,5)6;1-5(2,3)4-6;1-4(2,3)5/h10-12H,4-9H2,1-3H3;9-13H,4-8H2,1-3H3;11H,4-10H2,1-3H3;5-9H2,1-4H3;10H,4-9H2,1-3H3;1-6H3;1-3H3;1-3H3. The highest BCUT2D eigenvalue weighted by molar-refractivity contribution is 6.78. The molecule has 0 aromatic rings. The third-order valence-electron chi connectivity index (χ3n) is 23.6. The van der Waals surface area contributed by atoms with E-state index in [0.29, 0.717) is 37.5 Å². The Morgan fingerprint density at radius 1 is 0.395 bits per heavy atom. The normalized spacial score (nSPS) is 30.6. The maximum Gasteiger partial charge on any atom is 0.102 e. The van der Waals surface area contributed by atoms with Crippen LogP contribution in [0.15, 0.2) is 0 Å². The van der Waals surface area contributed by atoms with Crippen molar-refractivity contribution in [3.63, 3.8) is 0 Å². The molecule has 0 saturated heterocycles. The van der Waals surface area contributed by atoms with E-state index in [4.69, 9.17) is 5.26 Å². The lowest BCUT2D eigenvalue weighted by Crippen LogP contribution is -2.51. The van der Waals surface area contributed by atoms with Crippen molar-refractivity contribution >= 4 is 8.07 Å². The average molecular weight is 1150 g/mol. The second-order valence-corrected chi connectivity index (χ2v) is 45.5. The molecule has 0 amide bonds. The molecule has 0 unspecified atom stereocenters. The molecule has 0 aromatic heterocycles. The van der Waals surface area contributed by atoms with Crippen LogP contribution in [0.1, 0.15) is 359 Å². The summed E-state index contributed by atoms with van der Waals surface area (Å²) >= 11 is 0. The van der Waals surface area contributed by atoms with Crippen LogP contribution in [0, 0.1) is 114 Å². The molecule has 11 saturated carbocycles. The Morgan fingerprint density at radius 2 is 0.654 bits per heavy atom. The van der Waals surface area contributed by atoms with E-state index >= 15 is 0 Å². The molecule has 0 aliphatic heterocycles. The van der Waals surface area contributed by atoms with Crippen molar-refractivity contribution in [2.45, 2.75) is 390 Å². The zero-order chi connectivity index (χ0) is 62.5. The average Bonchev–Trinajstić information content (AvgIpc) is 3.55. The molecule has 8 bridgehead atoms. The smallest absolute Gasteiger partial charge is 0.102 e. The summed E-state index contributed by atoms with van der Waals surface area (Å²) < 4.78 is 11.7. The Labute approximate surface area is 513 Å². The molecule has 11 fully saturated rings. The van der Waals surface area contributed by atoms with Crippen LogP contribution in [-0.4, -0.2) is 13.7 Å². The van der Waals surface area contributed by atoms with Gasteiger partial charge in [-0.25, -0.2) is 4.39 Å². The fourth-order valence-electron chi connectivity index (χ4n) is 16.9. The third-order valence-corrected chi connectivity index (χ3v) is 28.1. The summed E-state index contributed by atoms with van der Waals surface area (Å²) in [6.07, 6.45) is 43.8. The minimum absolute atomic E-state index is 0.153. The summed E-state index contributed by atoms with van der Waals surface area (Å²) in [4.78, 5) is 0. The van der Waals surface area contributed by atoms with Crippen molar-refractivity contribution in [3.05, 3.63) is 0 Å². The molecule has 0 atom stereocenters. The Bertz CT molecular complexity index is 1660. The molecule has 11 rings (SSSR count). The molecular formula is C78H152FNSi. The second-order valence-electron chi connectivity index (χ2n) is 39.5. The van der Waals surface area contributed by atoms with Gasteiger partial charge in [-0.1, -0.05) is 228 Å². The highest BCUT2D eigenvalue weighted by Crippen LogP contribution is 2.66. The first-order valence-electron chi connectivity index (χ1n) is 35.6. The fourth-order valence-corrected chi connectivity index (χ4v) is 16.9. The van der Waals surface area contributed by atoms with Gasteiger partial charge in [0.15, 0.2) is 0 Å². The van der Waals surface area contributed by atoms with Crippen LogP contribution in [0.3, 0.4) is 0 Å². The minimum Gasteiger partial charge on any atom is -0.245 e. The number of nitriles is 1. The van der Waals surface area contributed by atoms with Gasteiger partial charge in [-0.2, -0.15) is 5.26 Å². The summed E-state index contributed by atoms with van der Waals surface area (Å²) in [6, 6.07) is 2.10. The number of nitrogens with zero attached hydrogens (tertiary/aromatic N) is 1. The van der Waals surface area contributed by atoms with Crippen LogP contribution in [-0.2, 0) is 0 Å². The highest BCUT2D eigenvalue weighted by Gasteiger charge is 2.56. The molecule has 0 heterocycles. The maximum atomic E-state index is 11.7. The molecule has 0 radical (unpaired) electrons. The Balaban J connectivity index is 0.000000323. The van der Waals surface area contributed by atoms with Crippen LogP contribution in [0.4, 0.5) is 4.39 Å². The molecule has 11 aliphatic rings. The lowest BCUT2D eigenvalue weighted by molar-refractivity contribution is -0.113. The topological polar surface area (TPSA) is 23.8 Å². The number of halogens is 1. The van der Waals surface area contributed by atoms with E-state index < -0.39 is 13.7 Å². The van der Waals surface area contributed by atoms with Gasteiger partial charge in [-0.15, -0.1) is 0 Å². The van der Waals surface area contributed by atoms with Crippen LogP contribution < -0.4 is 0 Å².